The van der Waals surface area contributed by atoms with Crippen molar-refractivity contribution in [2.75, 3.05) is 13.7 Å². The molecule has 0 amide bonds. The van der Waals surface area contributed by atoms with E-state index in [1.165, 1.54) is 36.8 Å². The highest BCUT2D eigenvalue weighted by Crippen LogP contribution is 2.41. The summed E-state index contributed by atoms with van der Waals surface area (Å²) < 4.78 is 5.82. The Bertz CT molecular complexity index is 461. The first-order valence-corrected chi connectivity index (χ1v) is 8.48. The van der Waals surface area contributed by atoms with Crippen LogP contribution in [-0.2, 0) is 5.41 Å². The third kappa shape index (κ3) is 3.42. The third-order valence-electron chi connectivity index (χ3n) is 4.78. The minimum atomic E-state index is 0.134. The molecule has 2 rings (SSSR count). The smallest absolute Gasteiger partial charge is 0.123 e. The van der Waals surface area contributed by atoms with Crippen LogP contribution in [0.2, 0.25) is 0 Å². The van der Waals surface area contributed by atoms with Crippen LogP contribution in [0.25, 0.3) is 0 Å². The van der Waals surface area contributed by atoms with Gasteiger partial charge in [0, 0.05) is 17.0 Å². The fraction of sp³-hybridized carbons (Fsp3) is 0.684. The lowest BCUT2D eigenvalue weighted by Crippen LogP contribution is -2.26. The van der Waals surface area contributed by atoms with Gasteiger partial charge in [-0.25, -0.2) is 0 Å². The lowest BCUT2D eigenvalue weighted by Gasteiger charge is -2.28. The third-order valence-corrected chi connectivity index (χ3v) is 4.78. The summed E-state index contributed by atoms with van der Waals surface area (Å²) in [6.07, 6.45) is 5.08. The molecule has 0 aliphatic carbocycles. The first-order valence-electron chi connectivity index (χ1n) is 8.48. The van der Waals surface area contributed by atoms with Crippen LogP contribution in [0.15, 0.2) is 18.2 Å². The molecule has 1 aromatic rings. The summed E-state index contributed by atoms with van der Waals surface area (Å²) in [5, 5.41) is 3.57. The first kappa shape index (κ1) is 16.4. The van der Waals surface area contributed by atoms with Gasteiger partial charge in [0.2, 0.25) is 0 Å². The van der Waals surface area contributed by atoms with Crippen molar-refractivity contribution in [1.29, 1.82) is 0 Å². The van der Waals surface area contributed by atoms with E-state index in [0.29, 0.717) is 12.0 Å². The Balaban J connectivity index is 2.30. The van der Waals surface area contributed by atoms with Gasteiger partial charge < -0.3 is 10.1 Å². The average molecular weight is 289 g/mol. The van der Waals surface area contributed by atoms with E-state index in [0.717, 1.165) is 12.4 Å². The number of hydrogen-bond acceptors (Lipinski definition) is 2. The van der Waals surface area contributed by atoms with E-state index in [-0.39, 0.29) is 5.41 Å². The molecular weight excluding hydrogens is 258 g/mol. The fourth-order valence-electron chi connectivity index (χ4n) is 3.63. The molecule has 21 heavy (non-hydrogen) atoms. The second kappa shape index (κ2) is 6.83. The molecule has 0 saturated carbocycles. The molecule has 1 unspecified atom stereocenters. The van der Waals surface area contributed by atoms with Gasteiger partial charge >= 0.3 is 0 Å². The van der Waals surface area contributed by atoms with Gasteiger partial charge in [-0.1, -0.05) is 46.6 Å². The minimum Gasteiger partial charge on any atom is -0.492 e. The molecule has 0 fully saturated rings. The number of benzene rings is 1. The average Bonchev–Trinajstić information content (AvgIpc) is 2.76. The highest BCUT2D eigenvalue weighted by atomic mass is 16.5. The quantitative estimate of drug-likeness (QED) is 0.776. The number of nitrogens with one attached hydrogen (secondary N) is 1. The number of hydrogen-bond donors (Lipinski definition) is 1. The highest BCUT2D eigenvalue weighted by Gasteiger charge is 2.33. The topological polar surface area (TPSA) is 21.3 Å². The molecule has 1 aliphatic heterocycles. The maximum Gasteiger partial charge on any atom is 0.123 e. The minimum absolute atomic E-state index is 0.134. The maximum atomic E-state index is 5.82. The molecular formula is C19H31NO. The summed E-state index contributed by atoms with van der Waals surface area (Å²) in [6.45, 7) is 9.91. The second-order valence-electron chi connectivity index (χ2n) is 7.03. The molecule has 1 atom stereocenters. The molecule has 1 aliphatic rings. The van der Waals surface area contributed by atoms with E-state index in [2.05, 4.69) is 58.3 Å². The van der Waals surface area contributed by atoms with E-state index in [4.69, 9.17) is 4.74 Å². The van der Waals surface area contributed by atoms with Crippen molar-refractivity contribution < 1.29 is 4.74 Å². The van der Waals surface area contributed by atoms with Gasteiger partial charge in [-0.15, -0.1) is 0 Å². The van der Waals surface area contributed by atoms with Crippen LogP contribution in [0, 0.1) is 5.92 Å². The molecule has 0 spiro atoms. The molecule has 2 nitrogen and oxygen atoms in total. The van der Waals surface area contributed by atoms with Crippen molar-refractivity contribution in [2.24, 2.45) is 5.92 Å². The summed E-state index contributed by atoms with van der Waals surface area (Å²) in [5.74, 6) is 1.79. The van der Waals surface area contributed by atoms with Crippen LogP contribution in [0.3, 0.4) is 0 Å². The molecule has 1 aromatic carbocycles. The van der Waals surface area contributed by atoms with E-state index >= 15 is 0 Å². The zero-order chi connectivity index (χ0) is 15.5. The molecule has 0 aromatic heterocycles. The summed E-state index contributed by atoms with van der Waals surface area (Å²) >= 11 is 0. The van der Waals surface area contributed by atoms with Crippen LogP contribution in [-0.4, -0.2) is 13.7 Å². The molecule has 1 heterocycles. The van der Waals surface area contributed by atoms with Crippen LogP contribution in [0.1, 0.15) is 70.5 Å². The van der Waals surface area contributed by atoms with Gasteiger partial charge in [0.1, 0.15) is 5.75 Å². The molecule has 0 radical (unpaired) electrons. The van der Waals surface area contributed by atoms with Crippen molar-refractivity contribution in [3.8, 4) is 5.75 Å². The van der Waals surface area contributed by atoms with E-state index in [1.807, 2.05) is 0 Å². The van der Waals surface area contributed by atoms with E-state index in [1.54, 1.807) is 0 Å². The number of rotatable bonds is 7. The van der Waals surface area contributed by atoms with Crippen LogP contribution < -0.4 is 10.1 Å². The Morgan fingerprint density at radius 1 is 1.19 bits per heavy atom. The van der Waals surface area contributed by atoms with E-state index < -0.39 is 0 Å². The SMILES string of the molecule is CCCC(CCC)C(NC)c1ccc2c(c1)C(C)(C)CO2. The summed E-state index contributed by atoms with van der Waals surface area (Å²) in [6, 6.07) is 7.24. The summed E-state index contributed by atoms with van der Waals surface area (Å²) in [5.41, 5.74) is 2.92. The highest BCUT2D eigenvalue weighted by molar-refractivity contribution is 5.46. The molecule has 0 bridgehead atoms. The zero-order valence-corrected chi connectivity index (χ0v) is 14.3. The van der Waals surface area contributed by atoms with Gasteiger partial charge in [-0.3, -0.25) is 0 Å². The van der Waals surface area contributed by atoms with Crippen LogP contribution in [0.4, 0.5) is 0 Å². The standard InChI is InChI=1S/C19H31NO/c1-6-8-14(9-7-2)18(20-5)15-10-11-17-16(12-15)19(3,4)13-21-17/h10-12,14,18,20H,6-9,13H2,1-5H3. The van der Waals surface area contributed by atoms with E-state index in [9.17, 15) is 0 Å². The molecule has 2 heteroatoms. The summed E-state index contributed by atoms with van der Waals surface area (Å²) in [7, 11) is 2.10. The van der Waals surface area contributed by atoms with Crippen molar-refractivity contribution in [3.05, 3.63) is 29.3 Å². The summed E-state index contributed by atoms with van der Waals surface area (Å²) in [4.78, 5) is 0. The Labute approximate surface area is 130 Å². The second-order valence-corrected chi connectivity index (χ2v) is 7.03. The monoisotopic (exact) mass is 289 g/mol. The first-order chi connectivity index (χ1) is 10.0. The Morgan fingerprint density at radius 2 is 1.86 bits per heavy atom. The van der Waals surface area contributed by atoms with Gasteiger partial charge in [0.25, 0.3) is 0 Å². The fourth-order valence-corrected chi connectivity index (χ4v) is 3.63. The lowest BCUT2D eigenvalue weighted by atomic mass is 9.82. The predicted molar refractivity (Wildman–Crippen MR) is 90.1 cm³/mol. The van der Waals surface area contributed by atoms with Crippen LogP contribution >= 0.6 is 0 Å². The van der Waals surface area contributed by atoms with Gasteiger partial charge in [0.05, 0.1) is 6.61 Å². The molecule has 0 saturated heterocycles. The zero-order valence-electron chi connectivity index (χ0n) is 14.3. The number of fused-ring (bicyclic) bond motifs is 1. The molecule has 1 N–H and O–H groups in total. The number of ether oxygens (including phenoxy) is 1. The van der Waals surface area contributed by atoms with Crippen molar-refractivity contribution >= 4 is 0 Å². The molecule has 118 valence electrons. The lowest BCUT2D eigenvalue weighted by molar-refractivity contribution is 0.291. The Kier molecular flexibility index (Phi) is 5.32. The van der Waals surface area contributed by atoms with Gasteiger partial charge in [-0.2, -0.15) is 0 Å². The van der Waals surface area contributed by atoms with Crippen molar-refractivity contribution in [2.45, 2.75) is 64.8 Å². The van der Waals surface area contributed by atoms with Crippen molar-refractivity contribution in [3.63, 3.8) is 0 Å². The Hall–Kier alpha value is -1.02. The van der Waals surface area contributed by atoms with Gasteiger partial charge in [0.15, 0.2) is 0 Å². The van der Waals surface area contributed by atoms with Gasteiger partial charge in [-0.05, 0) is 43.5 Å². The normalized spacial score (nSPS) is 17.6. The maximum absolute atomic E-state index is 5.82. The largest absolute Gasteiger partial charge is 0.492 e. The van der Waals surface area contributed by atoms with Crippen LogP contribution in [0.5, 0.6) is 5.75 Å². The Morgan fingerprint density at radius 3 is 2.43 bits per heavy atom. The van der Waals surface area contributed by atoms with Crippen molar-refractivity contribution in [1.82, 2.24) is 5.32 Å². The predicted octanol–water partition coefficient (Wildman–Crippen LogP) is 4.83.